The molecule has 1 atom stereocenters. The lowest BCUT2D eigenvalue weighted by Crippen LogP contribution is -2.14. The summed E-state index contributed by atoms with van der Waals surface area (Å²) in [6.45, 7) is 2.42. The zero-order chi connectivity index (χ0) is 10.6. The molecule has 0 bridgehead atoms. The molecule has 0 radical (unpaired) electrons. The molecule has 0 heterocycles. The molecule has 0 aliphatic carbocycles. The van der Waals surface area contributed by atoms with Gasteiger partial charge in [-0.05, 0) is 6.42 Å². The number of alkyl halides is 1. The summed E-state index contributed by atoms with van der Waals surface area (Å²) in [5.74, 6) is 0. The quantitative estimate of drug-likeness (QED) is 0.537. The summed E-state index contributed by atoms with van der Waals surface area (Å²) >= 11 is 0. The van der Waals surface area contributed by atoms with Gasteiger partial charge in [0.2, 0.25) is 0 Å². The molecule has 1 nitrogen and oxygen atoms in total. The molecule has 0 aromatic heterocycles. The highest BCUT2D eigenvalue weighted by molar-refractivity contribution is 4.56. The van der Waals surface area contributed by atoms with Crippen molar-refractivity contribution in [2.45, 2.75) is 70.9 Å². The van der Waals surface area contributed by atoms with Crippen molar-refractivity contribution in [3.05, 3.63) is 0 Å². The van der Waals surface area contributed by atoms with Crippen LogP contribution < -0.4 is 5.73 Å². The van der Waals surface area contributed by atoms with Gasteiger partial charge in [-0.3, -0.25) is 0 Å². The second kappa shape index (κ2) is 11.0. The van der Waals surface area contributed by atoms with Gasteiger partial charge in [-0.2, -0.15) is 0 Å². The Bertz CT molecular complexity index is 106. The molecule has 2 N–H and O–H groups in total. The standard InChI is InChI=1S/C12H26FN/c1-2-3-4-5-6-7-8-9-10-12(13)11-14/h12H,2-11,14H2,1H3. The van der Waals surface area contributed by atoms with Gasteiger partial charge >= 0.3 is 0 Å². The third-order valence-corrected chi connectivity index (χ3v) is 2.63. The van der Waals surface area contributed by atoms with Gasteiger partial charge in [-0.1, -0.05) is 58.3 Å². The van der Waals surface area contributed by atoms with Crippen LogP contribution in [0.25, 0.3) is 0 Å². The minimum Gasteiger partial charge on any atom is -0.328 e. The average molecular weight is 203 g/mol. The van der Waals surface area contributed by atoms with Crippen LogP contribution in [0.15, 0.2) is 0 Å². The lowest BCUT2D eigenvalue weighted by molar-refractivity contribution is 0.312. The highest BCUT2D eigenvalue weighted by Gasteiger charge is 2.01. The van der Waals surface area contributed by atoms with Crippen LogP contribution in [0.4, 0.5) is 4.39 Å². The fraction of sp³-hybridized carbons (Fsp3) is 1.00. The summed E-state index contributed by atoms with van der Waals surface area (Å²) in [7, 11) is 0. The third kappa shape index (κ3) is 9.97. The molecule has 0 aliphatic heterocycles. The van der Waals surface area contributed by atoms with Crippen LogP contribution in [0.3, 0.4) is 0 Å². The Morgan fingerprint density at radius 3 is 1.93 bits per heavy atom. The van der Waals surface area contributed by atoms with Crippen LogP contribution in [0.5, 0.6) is 0 Å². The van der Waals surface area contributed by atoms with E-state index in [9.17, 15) is 4.39 Å². The van der Waals surface area contributed by atoms with Crippen LogP contribution in [0, 0.1) is 0 Å². The molecule has 0 aliphatic rings. The smallest absolute Gasteiger partial charge is 0.112 e. The summed E-state index contributed by atoms with van der Waals surface area (Å²) < 4.78 is 12.7. The van der Waals surface area contributed by atoms with Gasteiger partial charge in [0, 0.05) is 6.54 Å². The molecule has 0 aromatic rings. The molecule has 86 valence electrons. The molecule has 0 fully saturated rings. The Hall–Kier alpha value is -0.110. The maximum Gasteiger partial charge on any atom is 0.112 e. The zero-order valence-electron chi connectivity index (χ0n) is 9.60. The number of hydrogen-bond donors (Lipinski definition) is 1. The van der Waals surface area contributed by atoms with E-state index in [2.05, 4.69) is 6.92 Å². The van der Waals surface area contributed by atoms with E-state index in [4.69, 9.17) is 5.73 Å². The molecular weight excluding hydrogens is 177 g/mol. The highest BCUT2D eigenvalue weighted by Crippen LogP contribution is 2.11. The van der Waals surface area contributed by atoms with E-state index in [1.54, 1.807) is 0 Å². The van der Waals surface area contributed by atoms with Crippen molar-refractivity contribution in [2.75, 3.05) is 6.54 Å². The van der Waals surface area contributed by atoms with Crippen LogP contribution in [0.2, 0.25) is 0 Å². The van der Waals surface area contributed by atoms with E-state index < -0.39 is 6.17 Å². The molecule has 0 saturated carbocycles. The third-order valence-electron chi connectivity index (χ3n) is 2.63. The van der Waals surface area contributed by atoms with E-state index in [0.717, 1.165) is 6.42 Å². The molecule has 0 saturated heterocycles. The molecule has 0 spiro atoms. The summed E-state index contributed by atoms with van der Waals surface area (Å²) in [4.78, 5) is 0. The first-order valence-electron chi connectivity index (χ1n) is 6.15. The second-order valence-electron chi connectivity index (χ2n) is 4.10. The van der Waals surface area contributed by atoms with Crippen molar-refractivity contribution in [3.8, 4) is 0 Å². The largest absolute Gasteiger partial charge is 0.328 e. The van der Waals surface area contributed by atoms with Gasteiger partial charge < -0.3 is 5.73 Å². The van der Waals surface area contributed by atoms with Crippen molar-refractivity contribution in [2.24, 2.45) is 5.73 Å². The predicted molar refractivity (Wildman–Crippen MR) is 61.2 cm³/mol. The maximum atomic E-state index is 12.7. The van der Waals surface area contributed by atoms with E-state index in [1.165, 1.54) is 44.9 Å². The Kier molecular flexibility index (Phi) is 10.9. The predicted octanol–water partition coefficient (Wildman–Crippen LogP) is 3.81. The van der Waals surface area contributed by atoms with Crippen molar-refractivity contribution in [1.82, 2.24) is 0 Å². The number of rotatable bonds is 10. The minimum absolute atomic E-state index is 0.191. The van der Waals surface area contributed by atoms with Crippen LogP contribution in [-0.4, -0.2) is 12.7 Å². The molecule has 0 rings (SSSR count). The van der Waals surface area contributed by atoms with Gasteiger partial charge in [-0.25, -0.2) is 4.39 Å². The number of nitrogens with two attached hydrogens (primary N) is 1. The normalized spacial score (nSPS) is 13.1. The first kappa shape index (κ1) is 13.9. The number of halogens is 1. The van der Waals surface area contributed by atoms with Gasteiger partial charge in [0.15, 0.2) is 0 Å². The SMILES string of the molecule is CCCCCCCCCCC(F)CN. The Balaban J connectivity index is 2.92. The lowest BCUT2D eigenvalue weighted by atomic mass is 10.1. The molecule has 0 aromatic carbocycles. The van der Waals surface area contributed by atoms with E-state index in [1.807, 2.05) is 0 Å². The second-order valence-corrected chi connectivity index (χ2v) is 4.10. The van der Waals surface area contributed by atoms with E-state index in [-0.39, 0.29) is 6.54 Å². The van der Waals surface area contributed by atoms with E-state index in [0.29, 0.717) is 6.42 Å². The van der Waals surface area contributed by atoms with Crippen molar-refractivity contribution >= 4 is 0 Å². The molecule has 2 heteroatoms. The zero-order valence-corrected chi connectivity index (χ0v) is 9.60. The summed E-state index contributed by atoms with van der Waals surface area (Å²) in [6, 6.07) is 0. The van der Waals surface area contributed by atoms with Gasteiger partial charge in [0.05, 0.1) is 0 Å². The lowest BCUT2D eigenvalue weighted by Gasteiger charge is -2.04. The average Bonchev–Trinajstić information content (AvgIpc) is 2.21. The van der Waals surface area contributed by atoms with Crippen LogP contribution in [0.1, 0.15) is 64.7 Å². The molecular formula is C12H26FN. The Labute approximate surface area is 88.3 Å². The van der Waals surface area contributed by atoms with Gasteiger partial charge in [0.25, 0.3) is 0 Å². The van der Waals surface area contributed by atoms with Gasteiger partial charge in [0.1, 0.15) is 6.17 Å². The van der Waals surface area contributed by atoms with Crippen molar-refractivity contribution < 1.29 is 4.39 Å². The Morgan fingerprint density at radius 2 is 1.43 bits per heavy atom. The summed E-state index contributed by atoms with van der Waals surface area (Å²) in [6.07, 6.45) is 10.0. The fourth-order valence-corrected chi connectivity index (χ4v) is 1.62. The monoisotopic (exact) mass is 203 g/mol. The van der Waals surface area contributed by atoms with Gasteiger partial charge in [-0.15, -0.1) is 0 Å². The number of unbranched alkanes of at least 4 members (excludes halogenated alkanes) is 7. The van der Waals surface area contributed by atoms with Crippen molar-refractivity contribution in [1.29, 1.82) is 0 Å². The van der Waals surface area contributed by atoms with Crippen LogP contribution in [-0.2, 0) is 0 Å². The molecule has 0 amide bonds. The summed E-state index contributed by atoms with van der Waals surface area (Å²) in [5.41, 5.74) is 5.19. The first-order valence-corrected chi connectivity index (χ1v) is 6.15. The number of hydrogen-bond acceptors (Lipinski definition) is 1. The van der Waals surface area contributed by atoms with Crippen LogP contribution >= 0.6 is 0 Å². The summed E-state index contributed by atoms with van der Waals surface area (Å²) in [5, 5.41) is 0. The van der Waals surface area contributed by atoms with E-state index >= 15 is 0 Å². The minimum atomic E-state index is -0.768. The Morgan fingerprint density at radius 1 is 0.929 bits per heavy atom. The molecule has 1 unspecified atom stereocenters. The molecule has 14 heavy (non-hydrogen) atoms. The first-order chi connectivity index (χ1) is 6.81. The maximum absolute atomic E-state index is 12.7. The van der Waals surface area contributed by atoms with Crippen molar-refractivity contribution in [3.63, 3.8) is 0 Å². The highest BCUT2D eigenvalue weighted by atomic mass is 19.1. The fourth-order valence-electron chi connectivity index (χ4n) is 1.62. The topological polar surface area (TPSA) is 26.0 Å².